The third kappa shape index (κ3) is 8.54. The van der Waals surface area contributed by atoms with Crippen molar-refractivity contribution in [2.24, 2.45) is 4.99 Å². The molecule has 2 rings (SSSR count). The third-order valence-electron chi connectivity index (χ3n) is 4.72. The van der Waals surface area contributed by atoms with E-state index in [9.17, 15) is 4.79 Å². The van der Waals surface area contributed by atoms with Crippen molar-refractivity contribution in [2.45, 2.75) is 51.5 Å². The number of morpholine rings is 1. The van der Waals surface area contributed by atoms with Gasteiger partial charge in [0.05, 0.1) is 13.2 Å². The van der Waals surface area contributed by atoms with Crippen LogP contribution in [0.5, 0.6) is 0 Å². The quantitative estimate of drug-likeness (QED) is 0.323. The Bertz CT molecular complexity index is 404. The first-order valence-corrected chi connectivity index (χ1v) is 9.89. The molecule has 0 bridgehead atoms. The molecule has 2 fully saturated rings. The van der Waals surface area contributed by atoms with Gasteiger partial charge in [0.1, 0.15) is 0 Å². The van der Waals surface area contributed by atoms with Gasteiger partial charge in [0, 0.05) is 51.7 Å². The van der Waals surface area contributed by atoms with Crippen LogP contribution in [0.2, 0.25) is 0 Å². The predicted molar refractivity (Wildman–Crippen MR) is 101 cm³/mol. The molecular formula is C18H35N5O2. The zero-order valence-corrected chi connectivity index (χ0v) is 15.7. The van der Waals surface area contributed by atoms with Crippen LogP contribution in [0.4, 0.5) is 0 Å². The SMILES string of the molecule is CCNC(=NCCCN1CCOCC1)NCCC(=O)NC1CCCC1. The average Bonchev–Trinajstić information content (AvgIpc) is 3.12. The maximum absolute atomic E-state index is 11.9. The lowest BCUT2D eigenvalue weighted by Gasteiger charge is -2.26. The van der Waals surface area contributed by atoms with Crippen molar-refractivity contribution >= 4 is 11.9 Å². The Labute approximate surface area is 152 Å². The van der Waals surface area contributed by atoms with Crippen LogP contribution in [0.25, 0.3) is 0 Å². The van der Waals surface area contributed by atoms with Crippen LogP contribution in [0, 0.1) is 0 Å². The van der Waals surface area contributed by atoms with E-state index >= 15 is 0 Å². The topological polar surface area (TPSA) is 78.0 Å². The molecule has 1 saturated heterocycles. The number of nitrogens with zero attached hydrogens (tertiary/aromatic N) is 2. The minimum Gasteiger partial charge on any atom is -0.379 e. The maximum atomic E-state index is 11.9. The fraction of sp³-hybridized carbons (Fsp3) is 0.889. The molecule has 1 amide bonds. The Morgan fingerprint density at radius 3 is 2.68 bits per heavy atom. The molecule has 0 aromatic heterocycles. The monoisotopic (exact) mass is 353 g/mol. The summed E-state index contributed by atoms with van der Waals surface area (Å²) in [5, 5.41) is 9.62. The van der Waals surface area contributed by atoms with Gasteiger partial charge in [-0.1, -0.05) is 12.8 Å². The van der Waals surface area contributed by atoms with Crippen LogP contribution >= 0.6 is 0 Å². The highest BCUT2D eigenvalue weighted by molar-refractivity contribution is 5.81. The summed E-state index contributed by atoms with van der Waals surface area (Å²) in [5.41, 5.74) is 0. The summed E-state index contributed by atoms with van der Waals surface area (Å²) in [6.45, 7) is 9.09. The molecule has 1 aliphatic carbocycles. The van der Waals surface area contributed by atoms with Gasteiger partial charge >= 0.3 is 0 Å². The normalized spacial score (nSPS) is 19.8. The van der Waals surface area contributed by atoms with Crippen LogP contribution in [-0.4, -0.2) is 75.3 Å². The molecule has 0 radical (unpaired) electrons. The molecule has 2 aliphatic rings. The zero-order valence-electron chi connectivity index (χ0n) is 15.7. The summed E-state index contributed by atoms with van der Waals surface area (Å²) in [7, 11) is 0. The van der Waals surface area contributed by atoms with E-state index in [-0.39, 0.29) is 5.91 Å². The number of hydrogen-bond acceptors (Lipinski definition) is 4. The molecule has 144 valence electrons. The lowest BCUT2D eigenvalue weighted by molar-refractivity contribution is -0.121. The molecule has 7 nitrogen and oxygen atoms in total. The van der Waals surface area contributed by atoms with Crippen LogP contribution in [-0.2, 0) is 9.53 Å². The van der Waals surface area contributed by atoms with E-state index in [1.807, 2.05) is 0 Å². The van der Waals surface area contributed by atoms with Crippen molar-refractivity contribution in [3.05, 3.63) is 0 Å². The Balaban J connectivity index is 1.58. The Hall–Kier alpha value is -1.34. The Kier molecular flexibility index (Phi) is 9.66. The molecule has 3 N–H and O–H groups in total. The number of amides is 1. The van der Waals surface area contributed by atoms with E-state index in [0.717, 1.165) is 71.2 Å². The third-order valence-corrected chi connectivity index (χ3v) is 4.72. The van der Waals surface area contributed by atoms with Crippen molar-refractivity contribution in [1.82, 2.24) is 20.9 Å². The molecule has 0 spiro atoms. The molecular weight excluding hydrogens is 318 g/mol. The summed E-state index contributed by atoms with van der Waals surface area (Å²) in [6.07, 6.45) is 6.28. The lowest BCUT2D eigenvalue weighted by Crippen LogP contribution is -2.40. The second kappa shape index (κ2) is 12.1. The van der Waals surface area contributed by atoms with E-state index in [0.29, 0.717) is 19.0 Å². The average molecular weight is 354 g/mol. The van der Waals surface area contributed by atoms with Crippen molar-refractivity contribution in [3.63, 3.8) is 0 Å². The molecule has 0 aromatic rings. The van der Waals surface area contributed by atoms with E-state index in [2.05, 4.69) is 32.8 Å². The number of hydrogen-bond donors (Lipinski definition) is 3. The van der Waals surface area contributed by atoms with Gasteiger partial charge in [0.15, 0.2) is 5.96 Å². The Morgan fingerprint density at radius 2 is 1.96 bits per heavy atom. The smallest absolute Gasteiger partial charge is 0.221 e. The summed E-state index contributed by atoms with van der Waals surface area (Å²) >= 11 is 0. The van der Waals surface area contributed by atoms with Crippen molar-refractivity contribution in [2.75, 3.05) is 52.5 Å². The highest BCUT2D eigenvalue weighted by atomic mass is 16.5. The van der Waals surface area contributed by atoms with Crippen molar-refractivity contribution < 1.29 is 9.53 Å². The minimum absolute atomic E-state index is 0.141. The number of guanidine groups is 1. The minimum atomic E-state index is 0.141. The van der Waals surface area contributed by atoms with E-state index in [4.69, 9.17) is 4.74 Å². The summed E-state index contributed by atoms with van der Waals surface area (Å²) in [5.74, 6) is 0.945. The van der Waals surface area contributed by atoms with Gasteiger partial charge < -0.3 is 20.7 Å². The van der Waals surface area contributed by atoms with Crippen LogP contribution < -0.4 is 16.0 Å². The van der Waals surface area contributed by atoms with E-state index in [1.165, 1.54) is 12.8 Å². The maximum Gasteiger partial charge on any atom is 0.221 e. The number of carbonyl (C=O) groups is 1. The highest BCUT2D eigenvalue weighted by Crippen LogP contribution is 2.17. The van der Waals surface area contributed by atoms with E-state index in [1.54, 1.807) is 0 Å². The zero-order chi connectivity index (χ0) is 17.7. The predicted octanol–water partition coefficient (Wildman–Crippen LogP) is 0.713. The molecule has 0 aromatic carbocycles. The summed E-state index contributed by atoms with van der Waals surface area (Å²) in [6, 6.07) is 0.398. The van der Waals surface area contributed by atoms with Gasteiger partial charge in [-0.3, -0.25) is 14.7 Å². The number of carbonyl (C=O) groups excluding carboxylic acids is 1. The van der Waals surface area contributed by atoms with Crippen LogP contribution in [0.3, 0.4) is 0 Å². The fourth-order valence-electron chi connectivity index (χ4n) is 3.32. The number of nitrogens with one attached hydrogen (secondary N) is 3. The summed E-state index contributed by atoms with van der Waals surface area (Å²) < 4.78 is 5.36. The molecule has 1 saturated carbocycles. The number of aliphatic imine (C=N–C) groups is 1. The molecule has 7 heteroatoms. The second-order valence-electron chi connectivity index (χ2n) is 6.79. The van der Waals surface area contributed by atoms with Gasteiger partial charge in [-0.15, -0.1) is 0 Å². The van der Waals surface area contributed by atoms with Gasteiger partial charge in [-0.25, -0.2) is 0 Å². The molecule has 25 heavy (non-hydrogen) atoms. The highest BCUT2D eigenvalue weighted by Gasteiger charge is 2.16. The Morgan fingerprint density at radius 1 is 1.20 bits per heavy atom. The fourth-order valence-corrected chi connectivity index (χ4v) is 3.32. The first-order chi connectivity index (χ1) is 12.3. The first kappa shape index (κ1) is 20.0. The van der Waals surface area contributed by atoms with Crippen LogP contribution in [0.1, 0.15) is 45.4 Å². The molecule has 0 unspecified atom stereocenters. The molecule has 1 heterocycles. The van der Waals surface area contributed by atoms with Crippen LogP contribution in [0.15, 0.2) is 4.99 Å². The van der Waals surface area contributed by atoms with Gasteiger partial charge in [0.2, 0.25) is 5.91 Å². The van der Waals surface area contributed by atoms with Crippen molar-refractivity contribution in [3.8, 4) is 0 Å². The van der Waals surface area contributed by atoms with E-state index < -0.39 is 0 Å². The molecule has 1 aliphatic heterocycles. The van der Waals surface area contributed by atoms with Gasteiger partial charge in [-0.05, 0) is 26.2 Å². The lowest BCUT2D eigenvalue weighted by atomic mass is 10.2. The van der Waals surface area contributed by atoms with Crippen molar-refractivity contribution in [1.29, 1.82) is 0 Å². The largest absolute Gasteiger partial charge is 0.379 e. The first-order valence-electron chi connectivity index (χ1n) is 9.89. The molecule has 0 atom stereocenters. The number of rotatable bonds is 9. The second-order valence-corrected chi connectivity index (χ2v) is 6.79. The van der Waals surface area contributed by atoms with Gasteiger partial charge in [0.25, 0.3) is 0 Å². The van der Waals surface area contributed by atoms with Gasteiger partial charge in [-0.2, -0.15) is 0 Å². The summed E-state index contributed by atoms with van der Waals surface area (Å²) in [4.78, 5) is 19.0. The number of ether oxygens (including phenoxy) is 1. The standard InChI is InChI=1S/C18H35N5O2/c1-2-19-18(20-9-5-11-23-12-14-25-15-13-23)21-10-8-17(24)22-16-6-3-4-7-16/h16H,2-15H2,1H3,(H,22,24)(H2,19,20,21).